The van der Waals surface area contributed by atoms with Gasteiger partial charge in [-0.1, -0.05) is 0 Å². The van der Waals surface area contributed by atoms with E-state index in [1.807, 2.05) is 0 Å². The van der Waals surface area contributed by atoms with E-state index in [2.05, 4.69) is 0 Å². The molecule has 0 bridgehead atoms. The lowest BCUT2D eigenvalue weighted by Gasteiger charge is -2.32. The average molecular weight is 154 g/mol. The molecule has 2 heteroatoms. The SMILES string of the molecule is O=C(C1CC1)C1CC(CO)C1. The van der Waals surface area contributed by atoms with Gasteiger partial charge >= 0.3 is 0 Å². The Morgan fingerprint density at radius 3 is 2.36 bits per heavy atom. The largest absolute Gasteiger partial charge is 0.396 e. The molecular formula is C9H14O2. The Balaban J connectivity index is 1.76. The Bertz CT molecular complexity index is 166. The highest BCUT2D eigenvalue weighted by Gasteiger charge is 2.40. The smallest absolute Gasteiger partial charge is 0.139 e. The second-order valence-corrected chi connectivity index (χ2v) is 3.89. The van der Waals surface area contributed by atoms with Gasteiger partial charge in [-0.05, 0) is 31.6 Å². The number of hydrogen-bond donors (Lipinski definition) is 1. The molecule has 1 N–H and O–H groups in total. The van der Waals surface area contributed by atoms with Gasteiger partial charge in [-0.25, -0.2) is 0 Å². The van der Waals surface area contributed by atoms with Crippen molar-refractivity contribution < 1.29 is 9.90 Å². The zero-order valence-corrected chi connectivity index (χ0v) is 6.62. The minimum absolute atomic E-state index is 0.272. The standard InChI is InChI=1S/C9H14O2/c10-5-6-3-8(4-6)9(11)7-1-2-7/h6-8,10H,1-5H2. The van der Waals surface area contributed by atoms with Crippen LogP contribution in [0.15, 0.2) is 0 Å². The summed E-state index contributed by atoms with van der Waals surface area (Å²) in [5, 5.41) is 8.73. The summed E-state index contributed by atoms with van der Waals surface area (Å²) in [6.45, 7) is 0.272. The first-order chi connectivity index (χ1) is 5.31. The highest BCUT2D eigenvalue weighted by molar-refractivity contribution is 5.86. The molecule has 0 unspecified atom stereocenters. The van der Waals surface area contributed by atoms with Crippen molar-refractivity contribution in [3.05, 3.63) is 0 Å². The Labute approximate surface area is 66.6 Å². The van der Waals surface area contributed by atoms with Gasteiger partial charge in [-0.2, -0.15) is 0 Å². The van der Waals surface area contributed by atoms with Crippen LogP contribution in [-0.2, 0) is 4.79 Å². The summed E-state index contributed by atoms with van der Waals surface area (Å²) in [4.78, 5) is 11.4. The molecule has 0 amide bonds. The maximum absolute atomic E-state index is 11.4. The van der Waals surface area contributed by atoms with Gasteiger partial charge < -0.3 is 5.11 Å². The van der Waals surface area contributed by atoms with E-state index in [0.717, 1.165) is 25.7 Å². The van der Waals surface area contributed by atoms with Crippen molar-refractivity contribution in [2.24, 2.45) is 17.8 Å². The quantitative estimate of drug-likeness (QED) is 0.658. The van der Waals surface area contributed by atoms with Crippen LogP contribution in [0.3, 0.4) is 0 Å². The molecule has 2 aliphatic rings. The molecule has 62 valence electrons. The predicted molar refractivity (Wildman–Crippen MR) is 41.0 cm³/mol. The molecule has 2 nitrogen and oxygen atoms in total. The summed E-state index contributed by atoms with van der Waals surface area (Å²) in [5.74, 6) is 1.65. The van der Waals surface area contributed by atoms with E-state index in [4.69, 9.17) is 5.11 Å². The second-order valence-electron chi connectivity index (χ2n) is 3.89. The van der Waals surface area contributed by atoms with Crippen molar-refractivity contribution >= 4 is 5.78 Å². The van der Waals surface area contributed by atoms with Gasteiger partial charge in [0.05, 0.1) is 0 Å². The van der Waals surface area contributed by atoms with E-state index in [1.165, 1.54) is 0 Å². The normalized spacial score (nSPS) is 36.5. The lowest BCUT2D eigenvalue weighted by molar-refractivity contribution is -0.128. The number of ketones is 1. The zero-order valence-electron chi connectivity index (χ0n) is 6.62. The maximum Gasteiger partial charge on any atom is 0.139 e. The first-order valence-electron chi connectivity index (χ1n) is 4.46. The maximum atomic E-state index is 11.4. The molecular weight excluding hydrogens is 140 g/mol. The van der Waals surface area contributed by atoms with Crippen molar-refractivity contribution in [2.75, 3.05) is 6.61 Å². The third-order valence-corrected chi connectivity index (χ3v) is 2.88. The molecule has 0 radical (unpaired) electrons. The number of aliphatic hydroxyl groups excluding tert-OH is 1. The number of rotatable bonds is 3. The lowest BCUT2D eigenvalue weighted by atomic mass is 9.72. The molecule has 0 aromatic rings. The molecule has 2 aliphatic carbocycles. The molecule has 2 saturated carbocycles. The molecule has 0 atom stereocenters. The van der Waals surface area contributed by atoms with Crippen LogP contribution in [-0.4, -0.2) is 17.5 Å². The van der Waals surface area contributed by atoms with E-state index >= 15 is 0 Å². The van der Waals surface area contributed by atoms with Gasteiger partial charge in [0.1, 0.15) is 5.78 Å². The van der Waals surface area contributed by atoms with Gasteiger partial charge in [0.25, 0.3) is 0 Å². The number of Topliss-reactive ketones (excluding diaryl/α,β-unsaturated/α-hetero) is 1. The Kier molecular flexibility index (Phi) is 1.72. The summed E-state index contributed by atoms with van der Waals surface area (Å²) in [5.41, 5.74) is 0. The third kappa shape index (κ3) is 1.32. The van der Waals surface area contributed by atoms with Gasteiger partial charge in [-0.3, -0.25) is 4.79 Å². The predicted octanol–water partition coefficient (Wildman–Crippen LogP) is 0.984. The minimum atomic E-state index is 0.272. The first-order valence-corrected chi connectivity index (χ1v) is 4.46. The van der Waals surface area contributed by atoms with Crippen molar-refractivity contribution in [1.82, 2.24) is 0 Å². The van der Waals surface area contributed by atoms with E-state index in [9.17, 15) is 4.79 Å². The number of aliphatic hydroxyl groups is 1. The first kappa shape index (κ1) is 7.29. The fourth-order valence-corrected chi connectivity index (χ4v) is 1.82. The lowest BCUT2D eigenvalue weighted by Crippen LogP contribution is -2.33. The molecule has 0 aromatic carbocycles. The topological polar surface area (TPSA) is 37.3 Å². The monoisotopic (exact) mass is 154 g/mol. The van der Waals surface area contributed by atoms with Crippen LogP contribution in [0.25, 0.3) is 0 Å². The van der Waals surface area contributed by atoms with Gasteiger partial charge in [0.2, 0.25) is 0 Å². The Morgan fingerprint density at radius 1 is 1.27 bits per heavy atom. The highest BCUT2D eigenvalue weighted by atomic mass is 16.3. The minimum Gasteiger partial charge on any atom is -0.396 e. The zero-order chi connectivity index (χ0) is 7.84. The Hall–Kier alpha value is -0.370. The van der Waals surface area contributed by atoms with Crippen LogP contribution in [0.2, 0.25) is 0 Å². The molecule has 11 heavy (non-hydrogen) atoms. The van der Waals surface area contributed by atoms with Crippen LogP contribution >= 0.6 is 0 Å². The van der Waals surface area contributed by atoms with Crippen molar-refractivity contribution in [3.8, 4) is 0 Å². The van der Waals surface area contributed by atoms with Gasteiger partial charge in [-0.15, -0.1) is 0 Å². The van der Waals surface area contributed by atoms with E-state index in [1.54, 1.807) is 0 Å². The van der Waals surface area contributed by atoms with Crippen LogP contribution < -0.4 is 0 Å². The summed E-state index contributed by atoms with van der Waals surface area (Å²) < 4.78 is 0. The summed E-state index contributed by atoms with van der Waals surface area (Å²) in [6.07, 6.45) is 4.15. The van der Waals surface area contributed by atoms with Crippen molar-refractivity contribution in [2.45, 2.75) is 25.7 Å². The molecule has 0 aromatic heterocycles. The molecule has 2 rings (SSSR count). The van der Waals surface area contributed by atoms with Crippen molar-refractivity contribution in [1.29, 1.82) is 0 Å². The summed E-state index contributed by atoms with van der Waals surface area (Å²) in [7, 11) is 0. The number of hydrogen-bond acceptors (Lipinski definition) is 2. The van der Waals surface area contributed by atoms with Gasteiger partial charge in [0, 0.05) is 18.4 Å². The van der Waals surface area contributed by atoms with E-state index in [-0.39, 0.29) is 6.61 Å². The van der Waals surface area contributed by atoms with E-state index < -0.39 is 0 Å². The fraction of sp³-hybridized carbons (Fsp3) is 0.889. The molecule has 0 heterocycles. The molecule has 0 spiro atoms. The van der Waals surface area contributed by atoms with Crippen LogP contribution in [0.4, 0.5) is 0 Å². The molecule has 2 fully saturated rings. The van der Waals surface area contributed by atoms with Crippen LogP contribution in [0.1, 0.15) is 25.7 Å². The Morgan fingerprint density at radius 2 is 1.91 bits per heavy atom. The number of carbonyl (C=O) groups is 1. The highest BCUT2D eigenvalue weighted by Crippen LogP contribution is 2.41. The van der Waals surface area contributed by atoms with Gasteiger partial charge in [0.15, 0.2) is 0 Å². The summed E-state index contributed by atoms with van der Waals surface area (Å²) in [6, 6.07) is 0. The van der Waals surface area contributed by atoms with Crippen molar-refractivity contribution in [3.63, 3.8) is 0 Å². The van der Waals surface area contributed by atoms with Crippen LogP contribution in [0.5, 0.6) is 0 Å². The van der Waals surface area contributed by atoms with Crippen LogP contribution in [0, 0.1) is 17.8 Å². The van der Waals surface area contributed by atoms with E-state index in [0.29, 0.717) is 23.5 Å². The number of carbonyl (C=O) groups excluding carboxylic acids is 1. The molecule has 0 aliphatic heterocycles. The molecule has 0 saturated heterocycles. The average Bonchev–Trinajstić information content (AvgIpc) is 2.65. The third-order valence-electron chi connectivity index (χ3n) is 2.88. The fourth-order valence-electron chi connectivity index (χ4n) is 1.82. The second kappa shape index (κ2) is 2.59. The summed E-state index contributed by atoms with van der Waals surface area (Å²) >= 11 is 0.